The molecule has 0 fully saturated rings. The molecule has 0 bridgehead atoms. The fourth-order valence-corrected chi connectivity index (χ4v) is 1.37. The van der Waals surface area contributed by atoms with Crippen LogP contribution in [0.3, 0.4) is 0 Å². The van der Waals surface area contributed by atoms with Gasteiger partial charge in [-0.25, -0.2) is 4.79 Å². The number of carbonyl (C=O) groups excluding carboxylic acids is 1. The number of fused-ring (bicyclic) bond motifs is 1. The first-order valence-corrected chi connectivity index (χ1v) is 3.74. The lowest BCUT2D eigenvalue weighted by molar-refractivity contribution is 0.0535. The molecular formula is C10H8O2. The van der Waals surface area contributed by atoms with Gasteiger partial charge in [0.1, 0.15) is 6.61 Å². The molecule has 0 amide bonds. The highest BCUT2D eigenvalue weighted by Crippen LogP contribution is 2.23. The van der Waals surface area contributed by atoms with E-state index in [1.54, 1.807) is 6.08 Å². The van der Waals surface area contributed by atoms with Crippen molar-refractivity contribution in [2.24, 2.45) is 0 Å². The van der Waals surface area contributed by atoms with E-state index >= 15 is 0 Å². The molecule has 0 saturated heterocycles. The molecule has 0 N–H and O–H groups in total. The molecular weight excluding hydrogens is 152 g/mol. The minimum atomic E-state index is -0.236. The Balaban J connectivity index is 2.68. The van der Waals surface area contributed by atoms with Crippen molar-refractivity contribution in [3.63, 3.8) is 0 Å². The maximum absolute atomic E-state index is 11.2. The molecule has 2 heteroatoms. The molecule has 0 spiro atoms. The third-order valence-electron chi connectivity index (χ3n) is 1.97. The summed E-state index contributed by atoms with van der Waals surface area (Å²) in [6.45, 7) is 4.03. The van der Waals surface area contributed by atoms with Gasteiger partial charge in [0.05, 0.1) is 5.56 Å². The molecule has 2 rings (SSSR count). The summed E-state index contributed by atoms with van der Waals surface area (Å²) < 4.78 is 4.88. The maximum atomic E-state index is 11.2. The van der Waals surface area contributed by atoms with Crippen LogP contribution in [-0.2, 0) is 11.3 Å². The Hall–Kier alpha value is -1.57. The van der Waals surface area contributed by atoms with Crippen LogP contribution in [0.15, 0.2) is 24.8 Å². The van der Waals surface area contributed by atoms with Crippen molar-refractivity contribution < 1.29 is 9.53 Å². The van der Waals surface area contributed by atoms with Gasteiger partial charge in [-0.15, -0.1) is 0 Å². The molecule has 0 unspecified atom stereocenters. The lowest BCUT2D eigenvalue weighted by Gasteiger charge is -1.97. The molecule has 0 atom stereocenters. The number of hydrogen-bond donors (Lipinski definition) is 0. The Morgan fingerprint density at radius 1 is 1.50 bits per heavy atom. The van der Waals surface area contributed by atoms with Gasteiger partial charge in [-0.2, -0.15) is 0 Å². The van der Waals surface area contributed by atoms with Crippen LogP contribution >= 0.6 is 0 Å². The van der Waals surface area contributed by atoms with Crippen molar-refractivity contribution >= 4 is 12.0 Å². The number of benzene rings is 1. The first-order chi connectivity index (χ1) is 5.83. The van der Waals surface area contributed by atoms with E-state index in [4.69, 9.17) is 4.74 Å². The summed E-state index contributed by atoms with van der Waals surface area (Å²) in [5.74, 6) is -0.236. The van der Waals surface area contributed by atoms with Crippen LogP contribution in [0.25, 0.3) is 6.08 Å². The molecule has 60 valence electrons. The van der Waals surface area contributed by atoms with Crippen LogP contribution < -0.4 is 0 Å². The first-order valence-electron chi connectivity index (χ1n) is 3.74. The molecule has 2 nitrogen and oxygen atoms in total. The Labute approximate surface area is 70.5 Å². The predicted molar refractivity (Wildman–Crippen MR) is 45.7 cm³/mol. The summed E-state index contributed by atoms with van der Waals surface area (Å²) in [5, 5.41) is 0. The molecule has 0 radical (unpaired) electrons. The van der Waals surface area contributed by atoms with Gasteiger partial charge in [-0.1, -0.05) is 30.9 Å². The number of carbonyl (C=O) groups is 1. The zero-order valence-electron chi connectivity index (χ0n) is 6.54. The smallest absolute Gasteiger partial charge is 0.339 e. The number of ether oxygens (including phenoxy) is 1. The summed E-state index contributed by atoms with van der Waals surface area (Å²) in [5.41, 5.74) is 2.49. The molecule has 1 aliphatic heterocycles. The summed E-state index contributed by atoms with van der Waals surface area (Å²) in [4.78, 5) is 11.2. The zero-order valence-corrected chi connectivity index (χ0v) is 6.54. The van der Waals surface area contributed by atoms with Gasteiger partial charge in [0, 0.05) is 5.56 Å². The number of esters is 1. The second kappa shape index (κ2) is 2.48. The highest BCUT2D eigenvalue weighted by molar-refractivity contribution is 5.97. The molecule has 0 aromatic heterocycles. The fraction of sp³-hybridized carbons (Fsp3) is 0.100. The van der Waals surface area contributed by atoms with Gasteiger partial charge in [-0.3, -0.25) is 0 Å². The Bertz CT molecular complexity index is 353. The van der Waals surface area contributed by atoms with Crippen molar-refractivity contribution in [2.75, 3.05) is 0 Å². The van der Waals surface area contributed by atoms with Crippen molar-refractivity contribution in [2.45, 2.75) is 6.61 Å². The third kappa shape index (κ3) is 0.848. The number of cyclic esters (lactones) is 1. The van der Waals surface area contributed by atoms with E-state index in [1.807, 2.05) is 18.2 Å². The van der Waals surface area contributed by atoms with E-state index in [0.717, 1.165) is 11.1 Å². The van der Waals surface area contributed by atoms with Crippen LogP contribution in [0.1, 0.15) is 21.5 Å². The van der Waals surface area contributed by atoms with E-state index in [9.17, 15) is 4.79 Å². The number of hydrogen-bond acceptors (Lipinski definition) is 2. The zero-order chi connectivity index (χ0) is 8.55. The van der Waals surface area contributed by atoms with Crippen LogP contribution in [0.4, 0.5) is 0 Å². The SMILES string of the molecule is C=Cc1cccc2c1C(=O)OC2. The van der Waals surface area contributed by atoms with Crippen LogP contribution in [0.2, 0.25) is 0 Å². The Kier molecular flexibility index (Phi) is 1.47. The normalized spacial score (nSPS) is 13.8. The molecule has 1 aromatic carbocycles. The molecule has 1 heterocycles. The lowest BCUT2D eigenvalue weighted by atomic mass is 10.0. The largest absolute Gasteiger partial charge is 0.457 e. The topological polar surface area (TPSA) is 26.3 Å². The molecule has 0 saturated carbocycles. The van der Waals surface area contributed by atoms with Crippen LogP contribution in [0, 0.1) is 0 Å². The van der Waals surface area contributed by atoms with Crippen LogP contribution in [0.5, 0.6) is 0 Å². The van der Waals surface area contributed by atoms with Gasteiger partial charge in [-0.05, 0) is 5.56 Å². The van der Waals surface area contributed by atoms with E-state index in [1.165, 1.54) is 0 Å². The Morgan fingerprint density at radius 3 is 3.08 bits per heavy atom. The predicted octanol–water partition coefficient (Wildman–Crippen LogP) is 2.00. The summed E-state index contributed by atoms with van der Waals surface area (Å²) in [6, 6.07) is 5.66. The van der Waals surface area contributed by atoms with Crippen molar-refractivity contribution in [3.05, 3.63) is 41.5 Å². The van der Waals surface area contributed by atoms with Crippen LogP contribution in [-0.4, -0.2) is 5.97 Å². The highest BCUT2D eigenvalue weighted by atomic mass is 16.5. The minimum Gasteiger partial charge on any atom is -0.457 e. The minimum absolute atomic E-state index is 0.236. The maximum Gasteiger partial charge on any atom is 0.339 e. The van der Waals surface area contributed by atoms with Crippen molar-refractivity contribution in [3.8, 4) is 0 Å². The lowest BCUT2D eigenvalue weighted by Crippen LogP contribution is -1.96. The standard InChI is InChI=1S/C10H8O2/c1-2-7-4-3-5-8-6-12-10(11)9(7)8/h2-5H,1,6H2. The molecule has 12 heavy (non-hydrogen) atoms. The van der Waals surface area contributed by atoms with E-state index in [0.29, 0.717) is 12.2 Å². The van der Waals surface area contributed by atoms with Gasteiger partial charge in [0.15, 0.2) is 0 Å². The molecule has 1 aromatic rings. The monoisotopic (exact) mass is 160 g/mol. The van der Waals surface area contributed by atoms with E-state index in [-0.39, 0.29) is 5.97 Å². The number of rotatable bonds is 1. The second-order valence-corrected chi connectivity index (χ2v) is 2.66. The van der Waals surface area contributed by atoms with Gasteiger partial charge >= 0.3 is 5.97 Å². The fourth-order valence-electron chi connectivity index (χ4n) is 1.37. The molecule has 0 aliphatic carbocycles. The Morgan fingerprint density at radius 2 is 2.33 bits per heavy atom. The van der Waals surface area contributed by atoms with Gasteiger partial charge in [0.2, 0.25) is 0 Å². The van der Waals surface area contributed by atoms with Crippen molar-refractivity contribution in [1.82, 2.24) is 0 Å². The van der Waals surface area contributed by atoms with E-state index in [2.05, 4.69) is 6.58 Å². The van der Waals surface area contributed by atoms with Gasteiger partial charge < -0.3 is 4.74 Å². The summed E-state index contributed by atoms with van der Waals surface area (Å²) in [7, 11) is 0. The molecule has 1 aliphatic rings. The van der Waals surface area contributed by atoms with Crippen molar-refractivity contribution in [1.29, 1.82) is 0 Å². The highest BCUT2D eigenvalue weighted by Gasteiger charge is 2.22. The second-order valence-electron chi connectivity index (χ2n) is 2.66. The average Bonchev–Trinajstić information content (AvgIpc) is 2.48. The average molecular weight is 160 g/mol. The first kappa shape index (κ1) is 7.10. The van der Waals surface area contributed by atoms with Gasteiger partial charge in [0.25, 0.3) is 0 Å². The summed E-state index contributed by atoms with van der Waals surface area (Å²) >= 11 is 0. The third-order valence-corrected chi connectivity index (χ3v) is 1.97. The quantitative estimate of drug-likeness (QED) is 0.587. The van der Waals surface area contributed by atoms with E-state index < -0.39 is 0 Å². The summed E-state index contributed by atoms with van der Waals surface area (Å²) in [6.07, 6.45) is 1.67.